The largest absolute Gasteiger partial charge is 0.392 e. The van der Waals surface area contributed by atoms with Gasteiger partial charge < -0.3 is 5.11 Å². The molecule has 1 aliphatic rings. The molecule has 0 aromatic carbocycles. The van der Waals surface area contributed by atoms with Gasteiger partial charge in [-0.2, -0.15) is 0 Å². The highest BCUT2D eigenvalue weighted by Crippen LogP contribution is 2.31. The van der Waals surface area contributed by atoms with Gasteiger partial charge in [0, 0.05) is 25.0 Å². The van der Waals surface area contributed by atoms with Gasteiger partial charge in [0.05, 0.1) is 6.10 Å². The molecule has 1 aliphatic heterocycles. The molecule has 2 unspecified atom stereocenters. The maximum atomic E-state index is 10.0. The summed E-state index contributed by atoms with van der Waals surface area (Å²) in [6.07, 6.45) is 9.40. The zero-order chi connectivity index (χ0) is 12.8. The number of nitrogens with zero attached hydrogens (tertiary/aromatic N) is 2. The predicted molar refractivity (Wildman–Crippen MR) is 73.2 cm³/mol. The van der Waals surface area contributed by atoms with Gasteiger partial charge in [0.25, 0.3) is 0 Å². The first-order valence-electron chi connectivity index (χ1n) is 6.74. The van der Waals surface area contributed by atoms with Crippen LogP contribution in [0.15, 0.2) is 37.2 Å². The molecule has 1 saturated heterocycles. The van der Waals surface area contributed by atoms with E-state index in [9.17, 15) is 5.11 Å². The van der Waals surface area contributed by atoms with E-state index in [4.69, 9.17) is 0 Å². The highest BCUT2D eigenvalue weighted by atomic mass is 16.3. The number of hydrogen-bond acceptors (Lipinski definition) is 3. The Morgan fingerprint density at radius 2 is 2.28 bits per heavy atom. The van der Waals surface area contributed by atoms with E-state index >= 15 is 0 Å². The lowest BCUT2D eigenvalue weighted by Crippen LogP contribution is -2.32. The van der Waals surface area contributed by atoms with Crippen molar-refractivity contribution in [3.63, 3.8) is 0 Å². The van der Waals surface area contributed by atoms with Gasteiger partial charge in [0.15, 0.2) is 0 Å². The Hall–Kier alpha value is -1.19. The fraction of sp³-hybridized carbons (Fsp3) is 0.533. The Kier molecular flexibility index (Phi) is 4.90. The minimum atomic E-state index is -0.245. The summed E-state index contributed by atoms with van der Waals surface area (Å²) in [6.45, 7) is 5.54. The minimum absolute atomic E-state index is 0.245. The van der Waals surface area contributed by atoms with Crippen LogP contribution < -0.4 is 0 Å². The standard InChI is InChI=1S/C15H22N2O/c1-2-3-5-14(18)12-17-11-4-6-15(17)13-7-9-16-10-8-13/h2,7-10,14-15,18H,1,3-6,11-12H2. The van der Waals surface area contributed by atoms with Crippen LogP contribution in [-0.4, -0.2) is 34.2 Å². The topological polar surface area (TPSA) is 36.4 Å². The van der Waals surface area contributed by atoms with Crippen molar-refractivity contribution in [2.75, 3.05) is 13.1 Å². The minimum Gasteiger partial charge on any atom is -0.392 e. The fourth-order valence-electron chi connectivity index (χ4n) is 2.68. The van der Waals surface area contributed by atoms with Gasteiger partial charge in [0.1, 0.15) is 0 Å². The first-order valence-corrected chi connectivity index (χ1v) is 6.74. The SMILES string of the molecule is C=CCCC(O)CN1CCCC1c1ccncc1. The lowest BCUT2D eigenvalue weighted by atomic mass is 10.1. The van der Waals surface area contributed by atoms with Crippen LogP contribution in [-0.2, 0) is 0 Å². The second-order valence-electron chi connectivity index (χ2n) is 4.95. The molecule has 2 atom stereocenters. The number of hydrogen-bond donors (Lipinski definition) is 1. The molecular formula is C15H22N2O. The van der Waals surface area contributed by atoms with E-state index in [1.807, 2.05) is 18.5 Å². The van der Waals surface area contributed by atoms with Crippen molar-refractivity contribution in [3.05, 3.63) is 42.7 Å². The van der Waals surface area contributed by atoms with Crippen molar-refractivity contribution in [1.29, 1.82) is 0 Å². The summed E-state index contributed by atoms with van der Waals surface area (Å²) in [5.74, 6) is 0. The number of rotatable bonds is 6. The normalized spacial score (nSPS) is 21.9. The quantitative estimate of drug-likeness (QED) is 0.784. The second-order valence-corrected chi connectivity index (χ2v) is 4.95. The number of allylic oxidation sites excluding steroid dienone is 1. The van der Waals surface area contributed by atoms with Gasteiger partial charge in [-0.3, -0.25) is 9.88 Å². The van der Waals surface area contributed by atoms with E-state index in [1.165, 1.54) is 18.4 Å². The summed E-state index contributed by atoms with van der Waals surface area (Å²) in [6, 6.07) is 4.62. The molecular weight excluding hydrogens is 224 g/mol. The summed E-state index contributed by atoms with van der Waals surface area (Å²) in [4.78, 5) is 6.46. The van der Waals surface area contributed by atoms with Gasteiger partial charge in [0.2, 0.25) is 0 Å². The summed E-state index contributed by atoms with van der Waals surface area (Å²) < 4.78 is 0. The summed E-state index contributed by atoms with van der Waals surface area (Å²) >= 11 is 0. The van der Waals surface area contributed by atoms with E-state index in [0.29, 0.717) is 6.04 Å². The molecule has 0 bridgehead atoms. The monoisotopic (exact) mass is 246 g/mol. The third-order valence-corrected chi connectivity index (χ3v) is 3.60. The average molecular weight is 246 g/mol. The number of aliphatic hydroxyl groups is 1. The van der Waals surface area contributed by atoms with Gasteiger partial charge >= 0.3 is 0 Å². The zero-order valence-electron chi connectivity index (χ0n) is 10.8. The van der Waals surface area contributed by atoms with Crippen LogP contribution in [0.4, 0.5) is 0 Å². The van der Waals surface area contributed by atoms with Crippen LogP contribution >= 0.6 is 0 Å². The molecule has 3 nitrogen and oxygen atoms in total. The summed E-state index contributed by atoms with van der Waals surface area (Å²) in [7, 11) is 0. The number of pyridine rings is 1. The predicted octanol–water partition coefficient (Wildman–Crippen LogP) is 2.55. The van der Waals surface area contributed by atoms with Crippen LogP contribution in [0.2, 0.25) is 0 Å². The molecule has 1 aromatic heterocycles. The van der Waals surface area contributed by atoms with Gasteiger partial charge in [-0.15, -0.1) is 6.58 Å². The summed E-state index contributed by atoms with van der Waals surface area (Å²) in [5.41, 5.74) is 1.32. The van der Waals surface area contributed by atoms with Crippen molar-refractivity contribution in [1.82, 2.24) is 9.88 Å². The molecule has 1 N–H and O–H groups in total. The van der Waals surface area contributed by atoms with E-state index in [0.717, 1.165) is 25.9 Å². The third-order valence-electron chi connectivity index (χ3n) is 3.60. The number of aromatic nitrogens is 1. The van der Waals surface area contributed by atoms with Crippen LogP contribution in [0.25, 0.3) is 0 Å². The Bertz CT molecular complexity index is 366. The van der Waals surface area contributed by atoms with Crippen molar-refractivity contribution >= 4 is 0 Å². The van der Waals surface area contributed by atoms with E-state index in [2.05, 4.69) is 28.6 Å². The van der Waals surface area contributed by atoms with Crippen LogP contribution in [0.3, 0.4) is 0 Å². The second kappa shape index (κ2) is 6.66. The van der Waals surface area contributed by atoms with Crippen LogP contribution in [0.5, 0.6) is 0 Å². The van der Waals surface area contributed by atoms with E-state index in [1.54, 1.807) is 0 Å². The molecule has 1 aromatic rings. The molecule has 0 radical (unpaired) electrons. The van der Waals surface area contributed by atoms with Crippen LogP contribution in [0.1, 0.15) is 37.3 Å². The Morgan fingerprint density at radius 1 is 1.50 bits per heavy atom. The lowest BCUT2D eigenvalue weighted by Gasteiger charge is -2.27. The lowest BCUT2D eigenvalue weighted by molar-refractivity contribution is 0.0996. The fourth-order valence-corrected chi connectivity index (χ4v) is 2.68. The maximum absolute atomic E-state index is 10.0. The van der Waals surface area contributed by atoms with Crippen molar-refractivity contribution in [2.24, 2.45) is 0 Å². The Labute approximate surface area is 109 Å². The highest BCUT2D eigenvalue weighted by Gasteiger charge is 2.27. The number of likely N-dealkylation sites (tertiary alicyclic amines) is 1. The molecule has 18 heavy (non-hydrogen) atoms. The van der Waals surface area contributed by atoms with Gasteiger partial charge in [-0.25, -0.2) is 0 Å². The zero-order valence-corrected chi connectivity index (χ0v) is 10.8. The van der Waals surface area contributed by atoms with Crippen molar-refractivity contribution in [3.8, 4) is 0 Å². The maximum Gasteiger partial charge on any atom is 0.0670 e. The number of aliphatic hydroxyl groups excluding tert-OH is 1. The van der Waals surface area contributed by atoms with Gasteiger partial charge in [-0.05, 0) is 49.9 Å². The third kappa shape index (κ3) is 3.40. The molecule has 0 spiro atoms. The smallest absolute Gasteiger partial charge is 0.0670 e. The van der Waals surface area contributed by atoms with E-state index < -0.39 is 0 Å². The average Bonchev–Trinajstić information content (AvgIpc) is 2.85. The Balaban J connectivity index is 1.93. The van der Waals surface area contributed by atoms with Crippen molar-refractivity contribution in [2.45, 2.75) is 37.8 Å². The molecule has 2 rings (SSSR count). The summed E-state index contributed by atoms with van der Waals surface area (Å²) in [5, 5.41) is 10.0. The molecule has 3 heteroatoms. The van der Waals surface area contributed by atoms with Crippen LogP contribution in [0, 0.1) is 0 Å². The molecule has 2 heterocycles. The molecule has 0 saturated carbocycles. The molecule has 0 amide bonds. The van der Waals surface area contributed by atoms with E-state index in [-0.39, 0.29) is 6.10 Å². The van der Waals surface area contributed by atoms with Gasteiger partial charge in [-0.1, -0.05) is 6.08 Å². The molecule has 0 aliphatic carbocycles. The molecule has 98 valence electrons. The first kappa shape index (κ1) is 13.2. The first-order chi connectivity index (χ1) is 8.81. The van der Waals surface area contributed by atoms with Crippen molar-refractivity contribution < 1.29 is 5.11 Å². The highest BCUT2D eigenvalue weighted by molar-refractivity contribution is 5.16. The number of β-amino-alcohol motifs (C(OH)–C–C–N with tert-alkyl or cyclic N) is 1. The molecule has 1 fully saturated rings. The Morgan fingerprint density at radius 3 is 3.00 bits per heavy atom.